The van der Waals surface area contributed by atoms with Crippen LogP contribution in [-0.4, -0.2) is 40.7 Å². The fourth-order valence-corrected chi connectivity index (χ4v) is 3.65. The van der Waals surface area contributed by atoms with Crippen LogP contribution in [0.1, 0.15) is 47.4 Å². The number of rotatable bonds is 3. The highest BCUT2D eigenvalue weighted by atomic mass is 16.5. The van der Waals surface area contributed by atoms with E-state index in [-0.39, 0.29) is 12.0 Å². The molecule has 1 atom stereocenters. The number of hydrogen-bond donors (Lipinski definition) is 0. The van der Waals surface area contributed by atoms with Crippen molar-refractivity contribution in [3.63, 3.8) is 0 Å². The summed E-state index contributed by atoms with van der Waals surface area (Å²) in [4.78, 5) is 14.6. The quantitative estimate of drug-likeness (QED) is 0.857. The van der Waals surface area contributed by atoms with Gasteiger partial charge in [-0.2, -0.15) is 0 Å². The molecule has 6 heteroatoms. The Bertz CT molecular complexity index is 771. The summed E-state index contributed by atoms with van der Waals surface area (Å²) in [5, 5.41) is 7.86. The van der Waals surface area contributed by atoms with Crippen molar-refractivity contribution >= 4 is 5.91 Å². The first-order chi connectivity index (χ1) is 12.2. The van der Waals surface area contributed by atoms with E-state index in [0.29, 0.717) is 37.9 Å². The molecular weight excluding hydrogens is 318 g/mol. The van der Waals surface area contributed by atoms with Crippen molar-refractivity contribution in [1.82, 2.24) is 15.1 Å². The van der Waals surface area contributed by atoms with Gasteiger partial charge in [0.1, 0.15) is 0 Å². The van der Waals surface area contributed by atoms with Gasteiger partial charge in [0, 0.05) is 13.5 Å². The van der Waals surface area contributed by atoms with Crippen LogP contribution >= 0.6 is 0 Å². The van der Waals surface area contributed by atoms with Crippen LogP contribution in [-0.2, 0) is 28.8 Å². The standard InChI is InChI=1S/C19H23N3O3/c1-13-20-21-19(25-13)17-12-22(8-9-24-17)18(23)11-14-6-7-15-4-2-3-5-16(15)10-14/h6-7,10,17H,2-5,8-9,11-12H2,1H3. The Kier molecular flexibility index (Phi) is 4.53. The van der Waals surface area contributed by atoms with Gasteiger partial charge in [0.2, 0.25) is 17.7 Å². The summed E-state index contributed by atoms with van der Waals surface area (Å²) in [6.45, 7) is 3.30. The van der Waals surface area contributed by atoms with Crippen molar-refractivity contribution in [2.45, 2.75) is 45.1 Å². The molecule has 132 valence electrons. The molecule has 1 aromatic heterocycles. The Labute approximate surface area is 147 Å². The van der Waals surface area contributed by atoms with E-state index >= 15 is 0 Å². The van der Waals surface area contributed by atoms with E-state index in [1.54, 1.807) is 6.92 Å². The number of morpholine rings is 1. The molecule has 1 aliphatic carbocycles. The Morgan fingerprint density at radius 2 is 2.08 bits per heavy atom. The summed E-state index contributed by atoms with van der Waals surface area (Å²) in [6, 6.07) is 6.51. The highest BCUT2D eigenvalue weighted by Crippen LogP contribution is 2.24. The molecule has 2 heterocycles. The van der Waals surface area contributed by atoms with Gasteiger partial charge in [-0.1, -0.05) is 18.2 Å². The first kappa shape index (κ1) is 16.3. The molecule has 1 fully saturated rings. The first-order valence-electron chi connectivity index (χ1n) is 8.99. The Hall–Kier alpha value is -2.21. The fraction of sp³-hybridized carbons (Fsp3) is 0.526. The minimum atomic E-state index is -0.331. The zero-order chi connectivity index (χ0) is 17.2. The molecular formula is C19H23N3O3. The van der Waals surface area contributed by atoms with Crippen molar-refractivity contribution in [3.05, 3.63) is 46.7 Å². The molecule has 2 aromatic rings. The summed E-state index contributed by atoms with van der Waals surface area (Å²) in [5.74, 6) is 1.08. The van der Waals surface area contributed by atoms with Crippen LogP contribution in [0.15, 0.2) is 22.6 Å². The van der Waals surface area contributed by atoms with Crippen LogP contribution in [0, 0.1) is 6.92 Å². The first-order valence-corrected chi connectivity index (χ1v) is 8.99. The summed E-state index contributed by atoms with van der Waals surface area (Å²) >= 11 is 0. The Balaban J connectivity index is 1.42. The fourth-order valence-electron chi connectivity index (χ4n) is 3.65. The molecule has 0 radical (unpaired) electrons. The van der Waals surface area contributed by atoms with Crippen LogP contribution in [0.2, 0.25) is 0 Å². The largest absolute Gasteiger partial charge is 0.423 e. The van der Waals surface area contributed by atoms with E-state index in [9.17, 15) is 4.79 Å². The summed E-state index contributed by atoms with van der Waals surface area (Å²) < 4.78 is 11.1. The molecule has 1 aromatic carbocycles. The van der Waals surface area contributed by atoms with Gasteiger partial charge in [0.25, 0.3) is 0 Å². The summed E-state index contributed by atoms with van der Waals surface area (Å²) in [7, 11) is 0. The van der Waals surface area contributed by atoms with E-state index in [1.807, 2.05) is 4.90 Å². The molecule has 1 saturated heterocycles. The second-order valence-corrected chi connectivity index (χ2v) is 6.85. The lowest BCUT2D eigenvalue weighted by atomic mass is 9.90. The maximum atomic E-state index is 12.7. The molecule has 1 aliphatic heterocycles. The SMILES string of the molecule is Cc1nnc(C2CN(C(=O)Cc3ccc4c(c3)CCCC4)CCO2)o1. The average molecular weight is 341 g/mol. The Morgan fingerprint density at radius 3 is 2.88 bits per heavy atom. The second kappa shape index (κ2) is 6.96. The van der Waals surface area contributed by atoms with E-state index in [1.165, 1.54) is 24.0 Å². The maximum absolute atomic E-state index is 12.7. The van der Waals surface area contributed by atoms with Gasteiger partial charge in [-0.15, -0.1) is 10.2 Å². The minimum Gasteiger partial charge on any atom is -0.423 e. The van der Waals surface area contributed by atoms with Crippen LogP contribution in [0.25, 0.3) is 0 Å². The third-order valence-corrected chi connectivity index (χ3v) is 5.00. The van der Waals surface area contributed by atoms with Gasteiger partial charge in [0.05, 0.1) is 19.6 Å². The highest BCUT2D eigenvalue weighted by Gasteiger charge is 2.29. The Morgan fingerprint density at radius 1 is 1.24 bits per heavy atom. The van der Waals surface area contributed by atoms with E-state index in [0.717, 1.165) is 18.4 Å². The predicted octanol–water partition coefficient (Wildman–Crippen LogP) is 2.40. The maximum Gasteiger partial charge on any atom is 0.246 e. The molecule has 0 bridgehead atoms. The van der Waals surface area contributed by atoms with Gasteiger partial charge in [-0.25, -0.2) is 0 Å². The highest BCUT2D eigenvalue weighted by molar-refractivity contribution is 5.79. The zero-order valence-corrected chi connectivity index (χ0v) is 14.5. The van der Waals surface area contributed by atoms with Crippen molar-refractivity contribution in [1.29, 1.82) is 0 Å². The van der Waals surface area contributed by atoms with Gasteiger partial charge >= 0.3 is 0 Å². The van der Waals surface area contributed by atoms with Crippen LogP contribution in [0.3, 0.4) is 0 Å². The molecule has 0 N–H and O–H groups in total. The predicted molar refractivity (Wildman–Crippen MR) is 91.1 cm³/mol. The van der Waals surface area contributed by atoms with Crippen molar-refractivity contribution < 1.29 is 13.9 Å². The number of aromatic nitrogens is 2. The number of carbonyl (C=O) groups is 1. The molecule has 2 aliphatic rings. The van der Waals surface area contributed by atoms with Crippen molar-refractivity contribution in [3.8, 4) is 0 Å². The number of nitrogens with zero attached hydrogens (tertiary/aromatic N) is 3. The second-order valence-electron chi connectivity index (χ2n) is 6.85. The lowest BCUT2D eigenvalue weighted by Crippen LogP contribution is -2.43. The van der Waals surface area contributed by atoms with E-state index in [4.69, 9.17) is 9.15 Å². The lowest BCUT2D eigenvalue weighted by Gasteiger charge is -2.31. The monoisotopic (exact) mass is 341 g/mol. The molecule has 1 unspecified atom stereocenters. The van der Waals surface area contributed by atoms with Gasteiger partial charge in [-0.3, -0.25) is 4.79 Å². The summed E-state index contributed by atoms with van der Waals surface area (Å²) in [5.41, 5.74) is 3.96. The number of hydrogen-bond acceptors (Lipinski definition) is 5. The smallest absolute Gasteiger partial charge is 0.246 e. The third kappa shape index (κ3) is 3.58. The van der Waals surface area contributed by atoms with Crippen molar-refractivity contribution in [2.24, 2.45) is 0 Å². The van der Waals surface area contributed by atoms with Crippen molar-refractivity contribution in [2.75, 3.05) is 19.7 Å². The van der Waals surface area contributed by atoms with Gasteiger partial charge < -0.3 is 14.1 Å². The molecule has 25 heavy (non-hydrogen) atoms. The number of fused-ring (bicyclic) bond motifs is 1. The van der Waals surface area contributed by atoms with Crippen LogP contribution in [0.5, 0.6) is 0 Å². The molecule has 6 nitrogen and oxygen atoms in total. The van der Waals surface area contributed by atoms with E-state index in [2.05, 4.69) is 28.4 Å². The number of aryl methyl sites for hydroxylation is 3. The normalized spacial score (nSPS) is 20.4. The summed E-state index contributed by atoms with van der Waals surface area (Å²) in [6.07, 6.45) is 4.92. The number of amides is 1. The number of benzene rings is 1. The zero-order valence-electron chi connectivity index (χ0n) is 14.5. The van der Waals surface area contributed by atoms with Crippen LogP contribution in [0.4, 0.5) is 0 Å². The van der Waals surface area contributed by atoms with Gasteiger partial charge in [-0.05, 0) is 42.4 Å². The van der Waals surface area contributed by atoms with Crippen LogP contribution < -0.4 is 0 Å². The average Bonchev–Trinajstić information content (AvgIpc) is 3.08. The molecule has 0 saturated carbocycles. The topological polar surface area (TPSA) is 68.5 Å². The third-order valence-electron chi connectivity index (χ3n) is 5.00. The van der Waals surface area contributed by atoms with Gasteiger partial charge in [0.15, 0.2) is 6.10 Å². The molecule has 4 rings (SSSR count). The molecule has 0 spiro atoms. The number of ether oxygens (including phenoxy) is 1. The minimum absolute atomic E-state index is 0.125. The molecule has 1 amide bonds. The number of carbonyl (C=O) groups excluding carboxylic acids is 1. The van der Waals surface area contributed by atoms with E-state index < -0.39 is 0 Å². The lowest BCUT2D eigenvalue weighted by molar-refractivity contribution is -0.139.